The number of ether oxygens (including phenoxy) is 3. The first-order valence-corrected chi connectivity index (χ1v) is 9.57. The SMILES string of the molecule is COc1ccc(C(=O)c2ccc(OCc3ccncc3)cc2)c(OC(C)(C)C(=O)O)c1. The maximum absolute atomic E-state index is 13.1. The molecule has 31 heavy (non-hydrogen) atoms. The number of aromatic nitrogens is 1. The summed E-state index contributed by atoms with van der Waals surface area (Å²) < 4.78 is 16.6. The standard InChI is InChI=1S/C24H23NO6/c1-24(2,23(27)28)31-21-14-19(29-3)8-9-20(21)22(26)17-4-6-18(7-5-17)30-15-16-10-12-25-13-11-16/h4-14H,15H2,1-3H3,(H,27,28). The summed E-state index contributed by atoms with van der Waals surface area (Å²) in [6.45, 7) is 3.21. The second-order valence-electron chi connectivity index (χ2n) is 7.28. The monoisotopic (exact) mass is 421 g/mol. The van der Waals surface area contributed by atoms with Crippen molar-refractivity contribution in [2.24, 2.45) is 0 Å². The average molecular weight is 421 g/mol. The van der Waals surface area contributed by atoms with Crippen LogP contribution in [0.2, 0.25) is 0 Å². The van der Waals surface area contributed by atoms with Gasteiger partial charge in [0.05, 0.1) is 12.7 Å². The fourth-order valence-corrected chi connectivity index (χ4v) is 2.72. The van der Waals surface area contributed by atoms with Gasteiger partial charge in [-0.15, -0.1) is 0 Å². The predicted octanol–water partition coefficient (Wildman–Crippen LogP) is 4.14. The first-order chi connectivity index (χ1) is 14.8. The highest BCUT2D eigenvalue weighted by molar-refractivity contribution is 6.11. The Morgan fingerprint density at radius 3 is 2.23 bits per heavy atom. The number of carbonyl (C=O) groups is 2. The fourth-order valence-electron chi connectivity index (χ4n) is 2.72. The van der Waals surface area contributed by atoms with Crippen molar-refractivity contribution in [1.29, 1.82) is 0 Å². The number of carboxylic acids is 1. The number of methoxy groups -OCH3 is 1. The van der Waals surface area contributed by atoms with Gasteiger partial charge in [0.2, 0.25) is 0 Å². The molecule has 7 nitrogen and oxygen atoms in total. The van der Waals surface area contributed by atoms with E-state index in [-0.39, 0.29) is 17.1 Å². The summed E-state index contributed by atoms with van der Waals surface area (Å²) in [5, 5.41) is 9.38. The molecule has 1 N–H and O–H groups in total. The quantitative estimate of drug-likeness (QED) is 0.519. The van der Waals surface area contributed by atoms with Crippen LogP contribution < -0.4 is 14.2 Å². The van der Waals surface area contributed by atoms with Crippen molar-refractivity contribution >= 4 is 11.8 Å². The summed E-state index contributed by atoms with van der Waals surface area (Å²) in [5.74, 6) is -0.252. The Balaban J connectivity index is 1.81. The number of carboxylic acid groups (broad SMARTS) is 1. The van der Waals surface area contributed by atoms with Gasteiger partial charge in [-0.2, -0.15) is 0 Å². The van der Waals surface area contributed by atoms with Gasteiger partial charge in [-0.05, 0) is 67.9 Å². The molecule has 1 heterocycles. The van der Waals surface area contributed by atoms with E-state index in [1.807, 2.05) is 12.1 Å². The number of carbonyl (C=O) groups excluding carboxylic acids is 1. The van der Waals surface area contributed by atoms with Crippen LogP contribution in [-0.4, -0.2) is 34.6 Å². The maximum atomic E-state index is 13.1. The molecule has 0 spiro atoms. The molecule has 0 radical (unpaired) electrons. The van der Waals surface area contributed by atoms with Crippen molar-refractivity contribution in [2.45, 2.75) is 26.1 Å². The number of pyridine rings is 1. The summed E-state index contributed by atoms with van der Waals surface area (Å²) in [6, 6.07) is 15.1. The van der Waals surface area contributed by atoms with E-state index in [4.69, 9.17) is 14.2 Å². The number of aliphatic carboxylic acids is 1. The summed E-state index contributed by atoms with van der Waals surface area (Å²) in [6.07, 6.45) is 3.39. The lowest BCUT2D eigenvalue weighted by atomic mass is 10.0. The average Bonchev–Trinajstić information content (AvgIpc) is 2.78. The molecule has 0 atom stereocenters. The Hall–Kier alpha value is -3.87. The van der Waals surface area contributed by atoms with E-state index in [0.29, 0.717) is 23.7 Å². The van der Waals surface area contributed by atoms with Crippen LogP contribution in [0, 0.1) is 0 Å². The number of ketones is 1. The van der Waals surface area contributed by atoms with Gasteiger partial charge in [0.25, 0.3) is 0 Å². The normalized spacial score (nSPS) is 10.9. The molecule has 3 aromatic rings. The zero-order chi connectivity index (χ0) is 22.4. The molecule has 3 rings (SSSR count). The Bertz CT molecular complexity index is 1060. The maximum Gasteiger partial charge on any atom is 0.347 e. The van der Waals surface area contributed by atoms with Crippen LogP contribution >= 0.6 is 0 Å². The van der Waals surface area contributed by atoms with Gasteiger partial charge in [0, 0.05) is 24.0 Å². The smallest absolute Gasteiger partial charge is 0.347 e. The van der Waals surface area contributed by atoms with Crippen LogP contribution in [0.15, 0.2) is 67.0 Å². The third kappa shape index (κ3) is 5.39. The highest BCUT2D eigenvalue weighted by Crippen LogP contribution is 2.30. The van der Waals surface area contributed by atoms with Gasteiger partial charge in [-0.1, -0.05) is 0 Å². The van der Waals surface area contributed by atoms with Crippen molar-refractivity contribution in [2.75, 3.05) is 7.11 Å². The van der Waals surface area contributed by atoms with Crippen molar-refractivity contribution in [3.8, 4) is 17.2 Å². The van der Waals surface area contributed by atoms with Crippen LogP contribution in [0.4, 0.5) is 0 Å². The summed E-state index contributed by atoms with van der Waals surface area (Å²) >= 11 is 0. The topological polar surface area (TPSA) is 95.0 Å². The van der Waals surface area contributed by atoms with E-state index >= 15 is 0 Å². The molecule has 0 aliphatic rings. The molecule has 0 saturated carbocycles. The highest BCUT2D eigenvalue weighted by Gasteiger charge is 2.31. The van der Waals surface area contributed by atoms with Gasteiger partial charge in [0.1, 0.15) is 23.9 Å². The molecule has 160 valence electrons. The van der Waals surface area contributed by atoms with E-state index in [0.717, 1.165) is 5.56 Å². The first kappa shape index (κ1) is 21.8. The molecule has 0 fully saturated rings. The molecular weight excluding hydrogens is 398 g/mol. The van der Waals surface area contributed by atoms with E-state index in [1.165, 1.54) is 27.0 Å². The Labute approximate surface area is 180 Å². The minimum atomic E-state index is -1.52. The summed E-state index contributed by atoms with van der Waals surface area (Å²) in [7, 11) is 1.48. The molecule has 0 saturated heterocycles. The van der Waals surface area contributed by atoms with Gasteiger partial charge >= 0.3 is 5.97 Å². The third-order valence-corrected chi connectivity index (χ3v) is 4.58. The first-order valence-electron chi connectivity index (χ1n) is 9.57. The molecule has 0 amide bonds. The zero-order valence-electron chi connectivity index (χ0n) is 17.5. The number of hydrogen-bond donors (Lipinski definition) is 1. The van der Waals surface area contributed by atoms with Crippen molar-refractivity contribution in [3.05, 3.63) is 83.7 Å². The minimum Gasteiger partial charge on any atom is -0.497 e. The van der Waals surface area contributed by atoms with E-state index in [1.54, 1.807) is 48.8 Å². The lowest BCUT2D eigenvalue weighted by Gasteiger charge is -2.23. The van der Waals surface area contributed by atoms with Crippen molar-refractivity contribution in [1.82, 2.24) is 4.98 Å². The highest BCUT2D eigenvalue weighted by atomic mass is 16.5. The Morgan fingerprint density at radius 2 is 1.61 bits per heavy atom. The molecule has 2 aromatic carbocycles. The van der Waals surface area contributed by atoms with Crippen LogP contribution in [0.3, 0.4) is 0 Å². The van der Waals surface area contributed by atoms with Gasteiger partial charge in [-0.25, -0.2) is 4.79 Å². The fraction of sp³-hybridized carbons (Fsp3) is 0.208. The number of rotatable bonds is 9. The molecular formula is C24H23NO6. The molecule has 1 aromatic heterocycles. The van der Waals surface area contributed by atoms with E-state index in [2.05, 4.69) is 4.98 Å². The number of nitrogens with zero attached hydrogens (tertiary/aromatic N) is 1. The lowest BCUT2D eigenvalue weighted by molar-refractivity contribution is -0.152. The number of hydrogen-bond acceptors (Lipinski definition) is 6. The van der Waals surface area contributed by atoms with Crippen molar-refractivity contribution in [3.63, 3.8) is 0 Å². The van der Waals surface area contributed by atoms with Crippen LogP contribution in [-0.2, 0) is 11.4 Å². The molecule has 0 aliphatic heterocycles. The van der Waals surface area contributed by atoms with Crippen LogP contribution in [0.1, 0.15) is 35.3 Å². The number of benzene rings is 2. The Morgan fingerprint density at radius 1 is 0.968 bits per heavy atom. The van der Waals surface area contributed by atoms with Gasteiger partial charge < -0.3 is 19.3 Å². The molecule has 0 bridgehead atoms. The molecule has 0 unspecified atom stereocenters. The predicted molar refractivity (Wildman–Crippen MR) is 114 cm³/mol. The minimum absolute atomic E-state index is 0.134. The van der Waals surface area contributed by atoms with Crippen molar-refractivity contribution < 1.29 is 28.9 Å². The van der Waals surface area contributed by atoms with Gasteiger partial charge in [0.15, 0.2) is 11.4 Å². The van der Waals surface area contributed by atoms with E-state index in [9.17, 15) is 14.7 Å². The molecule has 0 aliphatic carbocycles. The second kappa shape index (κ2) is 9.30. The van der Waals surface area contributed by atoms with Crippen LogP contribution in [0.25, 0.3) is 0 Å². The summed E-state index contributed by atoms with van der Waals surface area (Å²) in [4.78, 5) is 28.5. The zero-order valence-corrected chi connectivity index (χ0v) is 17.5. The summed E-state index contributed by atoms with van der Waals surface area (Å²) in [5.41, 5.74) is 0.114. The molecule has 7 heteroatoms. The lowest BCUT2D eigenvalue weighted by Crippen LogP contribution is -2.38. The third-order valence-electron chi connectivity index (χ3n) is 4.58. The Kier molecular flexibility index (Phi) is 6.55. The second-order valence-corrected chi connectivity index (χ2v) is 7.28. The largest absolute Gasteiger partial charge is 0.497 e. The van der Waals surface area contributed by atoms with E-state index < -0.39 is 11.6 Å². The van der Waals surface area contributed by atoms with Gasteiger partial charge in [-0.3, -0.25) is 9.78 Å². The van der Waals surface area contributed by atoms with Crippen LogP contribution in [0.5, 0.6) is 17.2 Å².